The number of nitrogens with one attached hydrogen (secondary N) is 2. The Hall–Kier alpha value is -4.80. The minimum absolute atomic E-state index is 0.135. The quantitative estimate of drug-likeness (QED) is 0.228. The standard InChI is InChI=1S/C37H44N6O5/c1-36(2,3)47-34(44)42-15-7-9-29(42)32-38-19-27(40-32)22-11-13-25-24(17-22)21-46-31-18-23(12-14-26(25)31)28-20-39-33(41-28)30-10-8-16-43(30)35(45)48-37(4,5)6/h11-14,17-20,29-30H,7-10,15-16,21H2,1-6H3,(H,38,40)(H,39,41)/t29-,30-/m0/s1. The van der Waals surface area contributed by atoms with E-state index in [1.807, 2.05) is 60.0 Å². The van der Waals surface area contributed by atoms with Crippen molar-refractivity contribution in [3.63, 3.8) is 0 Å². The molecular weight excluding hydrogens is 608 g/mol. The number of benzene rings is 2. The Morgan fingerprint density at radius 2 is 1.25 bits per heavy atom. The van der Waals surface area contributed by atoms with Crippen LogP contribution >= 0.6 is 0 Å². The zero-order valence-electron chi connectivity index (χ0n) is 28.6. The van der Waals surface area contributed by atoms with E-state index >= 15 is 0 Å². The fourth-order valence-corrected chi connectivity index (χ4v) is 6.82. The molecule has 48 heavy (non-hydrogen) atoms. The topological polar surface area (TPSA) is 126 Å². The first-order chi connectivity index (χ1) is 22.8. The molecule has 0 radical (unpaired) electrons. The lowest BCUT2D eigenvalue weighted by Crippen LogP contribution is -2.36. The molecule has 3 aliphatic rings. The first-order valence-electron chi connectivity index (χ1n) is 16.8. The van der Waals surface area contributed by atoms with E-state index in [-0.39, 0.29) is 24.3 Å². The van der Waals surface area contributed by atoms with E-state index in [0.717, 1.165) is 82.3 Å². The molecule has 0 spiro atoms. The highest BCUT2D eigenvalue weighted by atomic mass is 16.6. The van der Waals surface area contributed by atoms with Crippen molar-refractivity contribution in [2.75, 3.05) is 13.1 Å². The van der Waals surface area contributed by atoms with Gasteiger partial charge >= 0.3 is 12.2 Å². The lowest BCUT2D eigenvalue weighted by atomic mass is 9.93. The van der Waals surface area contributed by atoms with Crippen LogP contribution in [0, 0.1) is 0 Å². The summed E-state index contributed by atoms with van der Waals surface area (Å²) in [7, 11) is 0. The minimum atomic E-state index is -0.549. The van der Waals surface area contributed by atoms with Gasteiger partial charge in [0.05, 0.1) is 35.9 Å². The average molecular weight is 653 g/mol. The maximum atomic E-state index is 12.8. The monoisotopic (exact) mass is 652 g/mol. The molecule has 2 N–H and O–H groups in total. The van der Waals surface area contributed by atoms with E-state index in [9.17, 15) is 9.59 Å². The van der Waals surface area contributed by atoms with Crippen LogP contribution in [0.3, 0.4) is 0 Å². The van der Waals surface area contributed by atoms with Gasteiger partial charge in [0.2, 0.25) is 0 Å². The molecule has 2 saturated heterocycles. The van der Waals surface area contributed by atoms with Gasteiger partial charge in [-0.3, -0.25) is 9.80 Å². The number of ether oxygens (including phenoxy) is 3. The summed E-state index contributed by atoms with van der Waals surface area (Å²) in [5, 5.41) is 0. The third-order valence-corrected chi connectivity index (χ3v) is 8.97. The van der Waals surface area contributed by atoms with E-state index in [1.165, 1.54) is 0 Å². The molecule has 0 saturated carbocycles. The molecule has 0 aliphatic carbocycles. The number of amides is 2. The van der Waals surface area contributed by atoms with Gasteiger partial charge in [-0.2, -0.15) is 0 Å². The van der Waals surface area contributed by atoms with Crippen LogP contribution < -0.4 is 4.74 Å². The second-order valence-electron chi connectivity index (χ2n) is 14.9. The number of likely N-dealkylation sites (tertiary alicyclic amines) is 2. The number of carbonyl (C=O) groups is 2. The van der Waals surface area contributed by atoms with Gasteiger partial charge in [-0.1, -0.05) is 18.2 Å². The van der Waals surface area contributed by atoms with Gasteiger partial charge < -0.3 is 24.2 Å². The van der Waals surface area contributed by atoms with Crippen LogP contribution in [-0.4, -0.2) is 66.2 Å². The van der Waals surface area contributed by atoms with Gasteiger partial charge in [0.1, 0.15) is 35.2 Å². The van der Waals surface area contributed by atoms with Crippen LogP contribution in [0.5, 0.6) is 5.75 Å². The summed E-state index contributed by atoms with van der Waals surface area (Å²) < 4.78 is 17.6. The van der Waals surface area contributed by atoms with E-state index in [4.69, 9.17) is 14.2 Å². The van der Waals surface area contributed by atoms with E-state index < -0.39 is 11.2 Å². The Bertz CT molecular complexity index is 1710. The molecule has 2 atom stereocenters. The molecule has 4 aromatic rings. The molecule has 11 nitrogen and oxygen atoms in total. The minimum Gasteiger partial charge on any atom is -0.488 e. The van der Waals surface area contributed by atoms with Gasteiger partial charge in [0.15, 0.2) is 0 Å². The van der Waals surface area contributed by atoms with Crippen LogP contribution in [0.1, 0.15) is 96.5 Å². The van der Waals surface area contributed by atoms with Crippen LogP contribution in [-0.2, 0) is 16.1 Å². The van der Waals surface area contributed by atoms with E-state index in [1.54, 1.807) is 9.80 Å². The fourth-order valence-electron chi connectivity index (χ4n) is 6.82. The number of aromatic nitrogens is 4. The maximum Gasteiger partial charge on any atom is 0.410 e. The summed E-state index contributed by atoms with van der Waals surface area (Å²) in [6.07, 6.45) is 6.54. The molecule has 252 valence electrons. The SMILES string of the molecule is CC(C)(C)OC(=O)N1CCC[C@H]1c1ncc(-c2ccc3c(c2)COc2cc(-c4cnc([C@@H]5CCCN5C(=O)OC(C)(C)C)[nH]4)ccc2-3)[nH]1. The highest BCUT2D eigenvalue weighted by Gasteiger charge is 2.36. The molecule has 5 heterocycles. The van der Waals surface area contributed by atoms with Crippen LogP contribution in [0.25, 0.3) is 33.6 Å². The third kappa shape index (κ3) is 6.37. The number of hydrogen-bond donors (Lipinski definition) is 2. The number of nitrogens with zero attached hydrogens (tertiary/aromatic N) is 4. The number of H-pyrrole nitrogens is 2. The molecule has 2 fully saturated rings. The first kappa shape index (κ1) is 31.8. The Kier molecular flexibility index (Phi) is 7.96. The summed E-state index contributed by atoms with van der Waals surface area (Å²) in [5.74, 6) is 2.34. The van der Waals surface area contributed by atoms with Gasteiger partial charge in [0.25, 0.3) is 0 Å². The van der Waals surface area contributed by atoms with Crippen molar-refractivity contribution in [1.82, 2.24) is 29.7 Å². The molecule has 2 aromatic carbocycles. The molecule has 7 rings (SSSR count). The molecule has 2 aromatic heterocycles. The predicted octanol–water partition coefficient (Wildman–Crippen LogP) is 8.17. The first-order valence-corrected chi connectivity index (χ1v) is 16.8. The normalized spacial score (nSPS) is 19.1. The Labute approximate surface area is 281 Å². The molecule has 2 amide bonds. The summed E-state index contributed by atoms with van der Waals surface area (Å²) in [4.78, 5) is 45.5. The van der Waals surface area contributed by atoms with E-state index in [2.05, 4.69) is 50.3 Å². The highest BCUT2D eigenvalue weighted by molar-refractivity contribution is 5.80. The Morgan fingerprint density at radius 1 is 0.750 bits per heavy atom. The number of rotatable bonds is 4. The zero-order valence-corrected chi connectivity index (χ0v) is 28.6. The predicted molar refractivity (Wildman–Crippen MR) is 181 cm³/mol. The lowest BCUT2D eigenvalue weighted by molar-refractivity contribution is 0.0208. The van der Waals surface area contributed by atoms with Crippen molar-refractivity contribution in [3.05, 3.63) is 66.0 Å². The second kappa shape index (κ2) is 12.0. The summed E-state index contributed by atoms with van der Waals surface area (Å²) >= 11 is 0. The van der Waals surface area contributed by atoms with Crippen molar-refractivity contribution in [3.8, 4) is 39.4 Å². The van der Waals surface area contributed by atoms with Crippen molar-refractivity contribution in [2.24, 2.45) is 0 Å². The number of fused-ring (bicyclic) bond motifs is 3. The van der Waals surface area contributed by atoms with Gasteiger partial charge in [0, 0.05) is 24.2 Å². The van der Waals surface area contributed by atoms with Crippen molar-refractivity contribution in [1.29, 1.82) is 0 Å². The largest absolute Gasteiger partial charge is 0.488 e. The number of carbonyl (C=O) groups excluding carboxylic acids is 2. The van der Waals surface area contributed by atoms with Crippen molar-refractivity contribution >= 4 is 12.2 Å². The molecule has 3 aliphatic heterocycles. The second-order valence-corrected chi connectivity index (χ2v) is 14.9. The molecular formula is C37H44N6O5. The van der Waals surface area contributed by atoms with Crippen LogP contribution in [0.2, 0.25) is 0 Å². The third-order valence-electron chi connectivity index (χ3n) is 8.97. The van der Waals surface area contributed by atoms with Crippen molar-refractivity contribution in [2.45, 2.75) is 97.1 Å². The Morgan fingerprint density at radius 3 is 1.77 bits per heavy atom. The fraction of sp³-hybridized carbons (Fsp3) is 0.459. The van der Waals surface area contributed by atoms with Crippen LogP contribution in [0.15, 0.2) is 48.8 Å². The van der Waals surface area contributed by atoms with Crippen LogP contribution in [0.4, 0.5) is 9.59 Å². The molecule has 11 heteroatoms. The molecule has 0 bridgehead atoms. The smallest absolute Gasteiger partial charge is 0.410 e. The zero-order chi connectivity index (χ0) is 33.8. The van der Waals surface area contributed by atoms with E-state index in [0.29, 0.717) is 19.7 Å². The van der Waals surface area contributed by atoms with Crippen molar-refractivity contribution < 1.29 is 23.8 Å². The summed E-state index contributed by atoms with van der Waals surface area (Å²) in [6.45, 7) is 13.0. The number of aromatic amines is 2. The Balaban J connectivity index is 1.07. The maximum absolute atomic E-state index is 12.8. The number of hydrogen-bond acceptors (Lipinski definition) is 7. The summed E-state index contributed by atoms with van der Waals surface area (Å²) in [5.41, 5.74) is 5.89. The average Bonchev–Trinajstić information content (AvgIpc) is 3.84. The lowest BCUT2D eigenvalue weighted by Gasteiger charge is -2.27. The summed E-state index contributed by atoms with van der Waals surface area (Å²) in [6, 6.07) is 12.3. The van der Waals surface area contributed by atoms with Gasteiger partial charge in [-0.05, 0) is 102 Å². The van der Waals surface area contributed by atoms with Gasteiger partial charge in [-0.25, -0.2) is 19.6 Å². The number of imidazole rings is 2. The molecule has 0 unspecified atom stereocenters. The van der Waals surface area contributed by atoms with Gasteiger partial charge in [-0.15, -0.1) is 0 Å². The highest BCUT2D eigenvalue weighted by Crippen LogP contribution is 2.42.